The van der Waals surface area contributed by atoms with E-state index in [0.29, 0.717) is 5.92 Å². The maximum absolute atomic E-state index is 6.65. The van der Waals surface area contributed by atoms with Crippen LogP contribution in [0.15, 0.2) is 175 Å². The van der Waals surface area contributed by atoms with E-state index in [-0.39, 0.29) is 11.5 Å². The van der Waals surface area contributed by atoms with Gasteiger partial charge in [-0.25, -0.2) is 0 Å². The van der Waals surface area contributed by atoms with Crippen LogP contribution in [0.25, 0.3) is 16.7 Å². The SMILES string of the molecule is CC1C=CC2=C(C1)C(c1ccccc1)(c1ccccc1)c1ccc(Nc3cccc(C[C@@H](N)c4ccccc4)c3)c(-c3ccccc3)c12. The van der Waals surface area contributed by atoms with Crippen LogP contribution in [0.3, 0.4) is 0 Å². The normalized spacial score (nSPS) is 16.7. The Hall–Kier alpha value is -5.44. The number of anilines is 2. The average Bonchev–Trinajstić information content (AvgIpc) is 3.43. The molecule has 48 heavy (non-hydrogen) atoms. The third-order valence-electron chi connectivity index (χ3n) is 10.1. The van der Waals surface area contributed by atoms with Crippen LogP contribution >= 0.6 is 0 Å². The Kier molecular flexibility index (Phi) is 7.88. The first-order valence-electron chi connectivity index (χ1n) is 17.1. The zero-order valence-corrected chi connectivity index (χ0v) is 27.3. The van der Waals surface area contributed by atoms with Gasteiger partial charge in [0.15, 0.2) is 0 Å². The Morgan fingerprint density at radius 2 is 1.31 bits per heavy atom. The molecule has 2 atom stereocenters. The van der Waals surface area contributed by atoms with E-state index >= 15 is 0 Å². The summed E-state index contributed by atoms with van der Waals surface area (Å²) in [6.45, 7) is 2.34. The van der Waals surface area contributed by atoms with Crippen LogP contribution in [-0.2, 0) is 11.8 Å². The van der Waals surface area contributed by atoms with E-state index < -0.39 is 0 Å². The molecule has 0 aliphatic heterocycles. The Balaban J connectivity index is 1.31. The van der Waals surface area contributed by atoms with Crippen molar-refractivity contribution in [1.82, 2.24) is 0 Å². The molecule has 234 valence electrons. The van der Waals surface area contributed by atoms with Crippen molar-refractivity contribution in [3.63, 3.8) is 0 Å². The standard InChI is InChI=1S/C46H40N2/c1-32-25-26-39-41(29-32)46(36-20-10-4-11-21-36,37-22-12-5-13-23-37)40-27-28-43(44(45(39)40)35-18-8-3-9-19-35)48-38-24-14-15-33(30-38)31-42(47)34-16-6-2-7-17-34/h2-28,30,32,42,48H,29,31,47H2,1H3/t32?,42-/m1/s1. The minimum Gasteiger partial charge on any atom is -0.355 e. The van der Waals surface area contributed by atoms with E-state index in [0.717, 1.165) is 29.8 Å². The summed E-state index contributed by atoms with van der Waals surface area (Å²) in [6.07, 6.45) is 6.57. The summed E-state index contributed by atoms with van der Waals surface area (Å²) in [4.78, 5) is 0. The van der Waals surface area contributed by atoms with Crippen LogP contribution in [0.5, 0.6) is 0 Å². The van der Waals surface area contributed by atoms with Gasteiger partial charge in [-0.1, -0.05) is 159 Å². The first kappa shape index (κ1) is 29.9. The van der Waals surface area contributed by atoms with Crippen LogP contribution in [0, 0.1) is 5.92 Å². The number of rotatable bonds is 8. The van der Waals surface area contributed by atoms with Gasteiger partial charge in [-0.05, 0) is 87.0 Å². The fourth-order valence-corrected chi connectivity index (χ4v) is 8.02. The first-order valence-corrected chi connectivity index (χ1v) is 17.1. The summed E-state index contributed by atoms with van der Waals surface area (Å²) >= 11 is 0. The fourth-order valence-electron chi connectivity index (χ4n) is 8.02. The van der Waals surface area contributed by atoms with Crippen molar-refractivity contribution >= 4 is 16.9 Å². The molecule has 0 saturated heterocycles. The lowest BCUT2D eigenvalue weighted by Crippen LogP contribution is -2.31. The molecule has 8 rings (SSSR count). The molecule has 0 aromatic heterocycles. The van der Waals surface area contributed by atoms with Crippen LogP contribution in [0.1, 0.15) is 52.8 Å². The van der Waals surface area contributed by atoms with E-state index in [4.69, 9.17) is 5.73 Å². The number of fused-ring (bicyclic) bond motifs is 2. The smallest absolute Gasteiger partial charge is 0.0676 e. The van der Waals surface area contributed by atoms with Crippen molar-refractivity contribution < 1.29 is 0 Å². The van der Waals surface area contributed by atoms with Crippen molar-refractivity contribution in [2.24, 2.45) is 11.7 Å². The summed E-state index contributed by atoms with van der Waals surface area (Å²) in [5, 5.41) is 3.88. The molecule has 2 aliphatic carbocycles. The molecule has 0 heterocycles. The molecular formula is C46H40N2. The Labute approximate surface area is 284 Å². The largest absolute Gasteiger partial charge is 0.355 e. The van der Waals surface area contributed by atoms with Gasteiger partial charge in [0, 0.05) is 23.0 Å². The number of hydrogen-bond donors (Lipinski definition) is 2. The van der Waals surface area contributed by atoms with Gasteiger partial charge < -0.3 is 11.1 Å². The molecule has 2 nitrogen and oxygen atoms in total. The van der Waals surface area contributed by atoms with Crippen molar-refractivity contribution in [3.8, 4) is 11.1 Å². The van der Waals surface area contributed by atoms with Crippen LogP contribution in [-0.4, -0.2) is 0 Å². The highest BCUT2D eigenvalue weighted by Crippen LogP contribution is 2.60. The monoisotopic (exact) mass is 620 g/mol. The van der Waals surface area contributed by atoms with Gasteiger partial charge in [-0.15, -0.1) is 0 Å². The number of nitrogens with two attached hydrogens (primary N) is 1. The molecule has 2 aliphatic rings. The summed E-state index contributed by atoms with van der Waals surface area (Å²) < 4.78 is 0. The van der Waals surface area contributed by atoms with Crippen molar-refractivity contribution in [1.29, 1.82) is 0 Å². The zero-order valence-electron chi connectivity index (χ0n) is 27.3. The second-order valence-corrected chi connectivity index (χ2v) is 13.2. The molecule has 6 aromatic rings. The van der Waals surface area contributed by atoms with E-state index in [1.807, 2.05) is 6.07 Å². The number of hydrogen-bond acceptors (Lipinski definition) is 2. The molecule has 0 fully saturated rings. The summed E-state index contributed by atoms with van der Waals surface area (Å²) in [6, 6.07) is 56.8. The molecule has 0 spiro atoms. The van der Waals surface area contributed by atoms with Gasteiger partial charge in [-0.2, -0.15) is 0 Å². The van der Waals surface area contributed by atoms with Gasteiger partial charge in [0.1, 0.15) is 0 Å². The maximum atomic E-state index is 6.65. The van der Waals surface area contributed by atoms with E-state index in [2.05, 4.69) is 176 Å². The molecule has 0 amide bonds. The minimum absolute atomic E-state index is 0.0590. The summed E-state index contributed by atoms with van der Waals surface area (Å²) in [5.41, 5.74) is 21.3. The number of nitrogens with one attached hydrogen (secondary N) is 1. The van der Waals surface area contributed by atoms with Gasteiger partial charge >= 0.3 is 0 Å². The third kappa shape index (κ3) is 5.19. The van der Waals surface area contributed by atoms with E-state index in [1.165, 1.54) is 50.1 Å². The topological polar surface area (TPSA) is 38.0 Å². The van der Waals surface area contributed by atoms with E-state index in [1.54, 1.807) is 0 Å². The first-order chi connectivity index (χ1) is 23.6. The van der Waals surface area contributed by atoms with Crippen molar-refractivity contribution in [2.75, 3.05) is 5.32 Å². The Morgan fingerprint density at radius 3 is 1.98 bits per heavy atom. The third-order valence-corrected chi connectivity index (χ3v) is 10.1. The van der Waals surface area contributed by atoms with Crippen molar-refractivity contribution in [3.05, 3.63) is 209 Å². The van der Waals surface area contributed by atoms with Crippen LogP contribution in [0.4, 0.5) is 11.4 Å². The number of allylic oxidation sites excluding steroid dienone is 4. The molecule has 0 radical (unpaired) electrons. The predicted octanol–water partition coefficient (Wildman–Crippen LogP) is 11.0. The van der Waals surface area contributed by atoms with Gasteiger partial charge in [0.05, 0.1) is 5.41 Å². The summed E-state index contributed by atoms with van der Waals surface area (Å²) in [7, 11) is 0. The molecule has 6 aromatic carbocycles. The highest BCUT2D eigenvalue weighted by Gasteiger charge is 2.49. The second-order valence-electron chi connectivity index (χ2n) is 13.2. The molecule has 3 N–H and O–H groups in total. The van der Waals surface area contributed by atoms with Gasteiger partial charge in [0.2, 0.25) is 0 Å². The highest BCUT2D eigenvalue weighted by atomic mass is 14.9. The highest BCUT2D eigenvalue weighted by molar-refractivity contribution is 6.01. The molecule has 0 bridgehead atoms. The lowest BCUT2D eigenvalue weighted by atomic mass is 9.64. The minimum atomic E-state index is -0.387. The average molecular weight is 621 g/mol. The predicted molar refractivity (Wildman–Crippen MR) is 201 cm³/mol. The lowest BCUT2D eigenvalue weighted by molar-refractivity contribution is 0.622. The lowest BCUT2D eigenvalue weighted by Gasteiger charge is -2.37. The second kappa shape index (κ2) is 12.6. The number of benzene rings is 6. The summed E-state index contributed by atoms with van der Waals surface area (Å²) in [5.74, 6) is 0.452. The van der Waals surface area contributed by atoms with E-state index in [9.17, 15) is 0 Å². The fraction of sp³-hybridized carbons (Fsp3) is 0.130. The molecule has 2 heteroatoms. The van der Waals surface area contributed by atoms with Crippen LogP contribution in [0.2, 0.25) is 0 Å². The Morgan fingerprint density at radius 1 is 0.688 bits per heavy atom. The zero-order chi connectivity index (χ0) is 32.5. The Bertz CT molecular complexity index is 2070. The quantitative estimate of drug-likeness (QED) is 0.178. The maximum Gasteiger partial charge on any atom is 0.0676 e. The van der Waals surface area contributed by atoms with Crippen molar-refractivity contribution in [2.45, 2.75) is 31.2 Å². The molecular weight excluding hydrogens is 581 g/mol. The van der Waals surface area contributed by atoms with Gasteiger partial charge in [0.25, 0.3) is 0 Å². The molecule has 1 unspecified atom stereocenters. The van der Waals surface area contributed by atoms with Crippen LogP contribution < -0.4 is 11.1 Å². The molecule has 0 saturated carbocycles. The van der Waals surface area contributed by atoms with Gasteiger partial charge in [-0.3, -0.25) is 0 Å².